The molecular formula is C27H23N5O4. The number of hydrogen-bond acceptors (Lipinski definition) is 5. The molecule has 0 atom stereocenters. The lowest BCUT2D eigenvalue weighted by atomic mass is 10.1. The fourth-order valence-corrected chi connectivity index (χ4v) is 3.93. The number of amides is 3. The molecule has 0 fully saturated rings. The first-order valence-corrected chi connectivity index (χ1v) is 11.4. The number of carbonyl (C=O) groups excluding carboxylic acids is 3. The maximum Gasteiger partial charge on any atom is 0.273 e. The summed E-state index contributed by atoms with van der Waals surface area (Å²) >= 11 is 0. The Hall–Kier alpha value is -4.92. The van der Waals surface area contributed by atoms with E-state index in [2.05, 4.69) is 16.0 Å². The highest BCUT2D eigenvalue weighted by molar-refractivity contribution is 6.01. The summed E-state index contributed by atoms with van der Waals surface area (Å²) in [5.74, 6) is -0.574. The molecule has 0 saturated heterocycles. The molecule has 1 aromatic heterocycles. The molecule has 36 heavy (non-hydrogen) atoms. The summed E-state index contributed by atoms with van der Waals surface area (Å²) in [6.07, 6.45) is 1.62. The van der Waals surface area contributed by atoms with Gasteiger partial charge in [0.15, 0.2) is 6.61 Å². The number of ether oxygens (including phenoxy) is 1. The number of hydrogen-bond donors (Lipinski definition) is 2. The average molecular weight is 482 g/mol. The van der Waals surface area contributed by atoms with Gasteiger partial charge < -0.3 is 9.64 Å². The van der Waals surface area contributed by atoms with E-state index in [9.17, 15) is 14.4 Å². The number of nitrogens with zero attached hydrogens (tertiary/aromatic N) is 3. The number of aromatic nitrogens is 2. The molecule has 9 nitrogen and oxygen atoms in total. The van der Waals surface area contributed by atoms with E-state index in [1.54, 1.807) is 29.1 Å². The molecule has 0 saturated carbocycles. The zero-order chi connectivity index (χ0) is 24.9. The summed E-state index contributed by atoms with van der Waals surface area (Å²) in [5.41, 5.74) is 7.90. The Bertz CT molecular complexity index is 1400. The van der Waals surface area contributed by atoms with Crippen LogP contribution in [0.1, 0.15) is 16.8 Å². The van der Waals surface area contributed by atoms with Gasteiger partial charge in [-0.2, -0.15) is 5.10 Å². The van der Waals surface area contributed by atoms with Crippen molar-refractivity contribution in [1.29, 1.82) is 0 Å². The van der Waals surface area contributed by atoms with Gasteiger partial charge in [0, 0.05) is 24.7 Å². The smallest absolute Gasteiger partial charge is 0.273 e. The van der Waals surface area contributed by atoms with Crippen LogP contribution in [0.4, 0.5) is 5.69 Å². The van der Waals surface area contributed by atoms with E-state index in [-0.39, 0.29) is 25.5 Å². The summed E-state index contributed by atoms with van der Waals surface area (Å²) in [4.78, 5) is 39.4. The van der Waals surface area contributed by atoms with Gasteiger partial charge in [-0.3, -0.25) is 25.2 Å². The van der Waals surface area contributed by atoms with Gasteiger partial charge in [-0.05, 0) is 24.3 Å². The minimum Gasteiger partial charge on any atom is -0.482 e. The van der Waals surface area contributed by atoms with E-state index >= 15 is 0 Å². The highest BCUT2D eigenvalue weighted by Gasteiger charge is 2.25. The van der Waals surface area contributed by atoms with Crippen LogP contribution in [-0.4, -0.2) is 40.7 Å². The van der Waals surface area contributed by atoms with Crippen LogP contribution in [0.25, 0.3) is 16.9 Å². The van der Waals surface area contributed by atoms with Gasteiger partial charge in [-0.25, -0.2) is 4.68 Å². The monoisotopic (exact) mass is 481 g/mol. The molecule has 2 heterocycles. The van der Waals surface area contributed by atoms with Crippen molar-refractivity contribution < 1.29 is 19.1 Å². The summed E-state index contributed by atoms with van der Waals surface area (Å²) in [5, 5.41) is 4.61. The minimum absolute atomic E-state index is 0.00479. The number of benzene rings is 3. The second kappa shape index (κ2) is 10.1. The molecule has 3 aromatic carbocycles. The summed E-state index contributed by atoms with van der Waals surface area (Å²) in [7, 11) is 0. The highest BCUT2D eigenvalue weighted by Crippen LogP contribution is 2.31. The maximum atomic E-state index is 13.0. The van der Waals surface area contributed by atoms with Crippen LogP contribution in [-0.2, 0) is 9.59 Å². The van der Waals surface area contributed by atoms with Gasteiger partial charge in [-0.15, -0.1) is 0 Å². The second-order valence-corrected chi connectivity index (χ2v) is 8.09. The molecule has 2 N–H and O–H groups in total. The van der Waals surface area contributed by atoms with Crippen LogP contribution in [0.2, 0.25) is 0 Å². The summed E-state index contributed by atoms with van der Waals surface area (Å²) < 4.78 is 7.05. The van der Waals surface area contributed by atoms with E-state index in [1.165, 1.54) is 4.90 Å². The quantitative estimate of drug-likeness (QED) is 0.412. The molecule has 1 aliphatic rings. The van der Waals surface area contributed by atoms with Crippen LogP contribution in [0, 0.1) is 0 Å². The highest BCUT2D eigenvalue weighted by atomic mass is 16.5. The average Bonchev–Trinajstić information content (AvgIpc) is 3.38. The SMILES string of the molecule is O=C(CCN1C(=O)COc2ccccc21)NNC(=O)c1cn(-c2ccccc2)nc1-c1ccccc1. The lowest BCUT2D eigenvalue weighted by molar-refractivity contribution is -0.122. The largest absolute Gasteiger partial charge is 0.482 e. The number of para-hydroxylation sites is 3. The number of carbonyl (C=O) groups is 3. The molecule has 180 valence electrons. The van der Waals surface area contributed by atoms with Crippen molar-refractivity contribution in [2.24, 2.45) is 0 Å². The van der Waals surface area contributed by atoms with Gasteiger partial charge in [0.2, 0.25) is 5.91 Å². The first-order chi connectivity index (χ1) is 17.6. The second-order valence-electron chi connectivity index (χ2n) is 8.09. The summed E-state index contributed by atoms with van der Waals surface area (Å²) in [6, 6.07) is 25.9. The molecular weight excluding hydrogens is 458 g/mol. The Kier molecular flexibility index (Phi) is 6.44. The number of anilines is 1. The topological polar surface area (TPSA) is 106 Å². The first-order valence-electron chi connectivity index (χ1n) is 11.4. The van der Waals surface area contributed by atoms with Gasteiger partial charge in [0.05, 0.1) is 16.9 Å². The Balaban J connectivity index is 1.27. The molecule has 0 unspecified atom stereocenters. The molecule has 0 spiro atoms. The minimum atomic E-state index is -0.503. The van der Waals surface area contributed by atoms with Crippen LogP contribution >= 0.6 is 0 Å². The van der Waals surface area contributed by atoms with E-state index in [1.807, 2.05) is 66.7 Å². The van der Waals surface area contributed by atoms with Gasteiger partial charge in [0.25, 0.3) is 11.8 Å². The zero-order valence-corrected chi connectivity index (χ0v) is 19.3. The van der Waals surface area contributed by atoms with Gasteiger partial charge in [0.1, 0.15) is 11.4 Å². The third-order valence-electron chi connectivity index (χ3n) is 5.71. The Labute approximate surface area is 207 Å². The van der Waals surface area contributed by atoms with Crippen molar-refractivity contribution in [1.82, 2.24) is 20.6 Å². The fourth-order valence-electron chi connectivity index (χ4n) is 3.93. The third kappa shape index (κ3) is 4.80. The lowest BCUT2D eigenvalue weighted by Crippen LogP contribution is -2.45. The molecule has 4 aromatic rings. The number of hydrazine groups is 1. The van der Waals surface area contributed by atoms with Gasteiger partial charge >= 0.3 is 0 Å². The molecule has 0 aliphatic carbocycles. The molecule has 1 aliphatic heterocycles. The zero-order valence-electron chi connectivity index (χ0n) is 19.3. The molecule has 0 bridgehead atoms. The molecule has 3 amide bonds. The van der Waals surface area contributed by atoms with Gasteiger partial charge in [-0.1, -0.05) is 60.7 Å². The van der Waals surface area contributed by atoms with E-state index in [0.717, 1.165) is 11.3 Å². The Morgan fingerprint density at radius 1 is 0.889 bits per heavy atom. The van der Waals surface area contributed by atoms with Crippen LogP contribution in [0.15, 0.2) is 91.1 Å². The van der Waals surface area contributed by atoms with Crippen LogP contribution < -0.4 is 20.5 Å². The van der Waals surface area contributed by atoms with Crippen LogP contribution in [0.5, 0.6) is 5.75 Å². The standard InChI is InChI=1S/C27H23N5O4/c33-24(15-16-31-22-13-7-8-14-23(22)36-18-25(31)34)28-29-27(35)21-17-32(20-11-5-2-6-12-20)30-26(21)19-9-3-1-4-10-19/h1-14,17H,15-16,18H2,(H,28,33)(H,29,35). The van der Waals surface area contributed by atoms with E-state index < -0.39 is 11.8 Å². The number of rotatable bonds is 6. The van der Waals surface area contributed by atoms with Crippen molar-refractivity contribution in [3.63, 3.8) is 0 Å². The van der Waals surface area contributed by atoms with E-state index in [0.29, 0.717) is 22.7 Å². The van der Waals surface area contributed by atoms with Crippen molar-refractivity contribution in [3.8, 4) is 22.7 Å². The molecule has 0 radical (unpaired) electrons. The number of nitrogens with one attached hydrogen (secondary N) is 2. The fraction of sp³-hybridized carbons (Fsp3) is 0.111. The van der Waals surface area contributed by atoms with Crippen molar-refractivity contribution in [2.75, 3.05) is 18.1 Å². The summed E-state index contributed by atoms with van der Waals surface area (Å²) in [6.45, 7) is 0.0746. The number of fused-ring (bicyclic) bond motifs is 1. The predicted molar refractivity (Wildman–Crippen MR) is 134 cm³/mol. The lowest BCUT2D eigenvalue weighted by Gasteiger charge is -2.29. The Morgan fingerprint density at radius 3 is 2.36 bits per heavy atom. The molecule has 5 rings (SSSR count). The predicted octanol–water partition coefficient (Wildman–Crippen LogP) is 3.12. The van der Waals surface area contributed by atoms with E-state index in [4.69, 9.17) is 4.74 Å². The maximum absolute atomic E-state index is 13.0. The van der Waals surface area contributed by atoms with Crippen molar-refractivity contribution in [3.05, 3.63) is 96.7 Å². The van der Waals surface area contributed by atoms with Crippen LogP contribution in [0.3, 0.4) is 0 Å². The first kappa shape index (κ1) is 22.9. The van der Waals surface area contributed by atoms with Crippen molar-refractivity contribution >= 4 is 23.4 Å². The van der Waals surface area contributed by atoms with Crippen molar-refractivity contribution in [2.45, 2.75) is 6.42 Å². The third-order valence-corrected chi connectivity index (χ3v) is 5.71. The Morgan fingerprint density at radius 2 is 1.58 bits per heavy atom. The molecule has 9 heteroatoms. The normalized spacial score (nSPS) is 12.4.